The number of aromatic nitrogens is 2. The van der Waals surface area contributed by atoms with E-state index in [1.165, 1.54) is 18.8 Å². The van der Waals surface area contributed by atoms with Crippen LogP contribution in [-0.4, -0.2) is 29.5 Å². The molecule has 0 aliphatic rings. The molecule has 1 amide bonds. The molecule has 1 heterocycles. The molecule has 0 atom stereocenters. The zero-order valence-corrected chi connectivity index (χ0v) is 16.6. The second-order valence-corrected chi connectivity index (χ2v) is 6.52. The standard InChI is InChI=1S/C23H24N4O2/c1-3-27(16-18-7-5-4-6-8-18)19-12-9-17(10-13-19)11-14-21-25-15-20(22(28)24-2)23(29)26-21/h4-15H,3,16H2,1-2H3,(H,24,28)(H,25,26,29)/b14-11+. The van der Waals surface area contributed by atoms with E-state index in [1.807, 2.05) is 24.3 Å². The minimum Gasteiger partial charge on any atom is -0.367 e. The van der Waals surface area contributed by atoms with Gasteiger partial charge in [0.05, 0.1) is 0 Å². The van der Waals surface area contributed by atoms with Crippen molar-refractivity contribution in [3.05, 3.63) is 93.7 Å². The summed E-state index contributed by atoms with van der Waals surface area (Å²) in [5, 5.41) is 2.41. The van der Waals surface area contributed by atoms with Gasteiger partial charge in [-0.15, -0.1) is 0 Å². The van der Waals surface area contributed by atoms with Crippen molar-refractivity contribution in [3.63, 3.8) is 0 Å². The van der Waals surface area contributed by atoms with Crippen LogP contribution in [0, 0.1) is 0 Å². The maximum absolute atomic E-state index is 12.0. The van der Waals surface area contributed by atoms with Crippen LogP contribution >= 0.6 is 0 Å². The fraction of sp³-hybridized carbons (Fsp3) is 0.174. The maximum atomic E-state index is 12.0. The predicted molar refractivity (Wildman–Crippen MR) is 117 cm³/mol. The summed E-state index contributed by atoms with van der Waals surface area (Å²) in [6, 6.07) is 18.6. The van der Waals surface area contributed by atoms with Gasteiger partial charge >= 0.3 is 0 Å². The number of nitrogens with one attached hydrogen (secondary N) is 2. The molecule has 0 aliphatic carbocycles. The fourth-order valence-corrected chi connectivity index (χ4v) is 2.95. The van der Waals surface area contributed by atoms with Gasteiger partial charge in [-0.25, -0.2) is 4.98 Å². The van der Waals surface area contributed by atoms with Crippen LogP contribution in [-0.2, 0) is 6.54 Å². The number of H-pyrrole nitrogens is 1. The first-order chi connectivity index (χ1) is 14.1. The molecule has 2 N–H and O–H groups in total. The Morgan fingerprint density at radius 1 is 1.10 bits per heavy atom. The summed E-state index contributed by atoms with van der Waals surface area (Å²) < 4.78 is 0. The molecule has 0 bridgehead atoms. The van der Waals surface area contributed by atoms with Crippen LogP contribution in [0.4, 0.5) is 5.69 Å². The zero-order valence-electron chi connectivity index (χ0n) is 16.6. The Balaban J connectivity index is 1.70. The number of nitrogens with zero attached hydrogens (tertiary/aromatic N) is 2. The Hall–Kier alpha value is -3.67. The van der Waals surface area contributed by atoms with Crippen molar-refractivity contribution >= 4 is 23.7 Å². The van der Waals surface area contributed by atoms with Crippen molar-refractivity contribution in [1.29, 1.82) is 0 Å². The minimum atomic E-state index is -0.464. The van der Waals surface area contributed by atoms with E-state index < -0.39 is 11.5 Å². The van der Waals surface area contributed by atoms with Gasteiger partial charge in [-0.3, -0.25) is 9.59 Å². The zero-order chi connectivity index (χ0) is 20.6. The number of hydrogen-bond donors (Lipinski definition) is 2. The van der Waals surface area contributed by atoms with Gasteiger partial charge in [0.15, 0.2) is 0 Å². The molecular weight excluding hydrogens is 364 g/mol. The number of hydrogen-bond acceptors (Lipinski definition) is 4. The summed E-state index contributed by atoms with van der Waals surface area (Å²) in [7, 11) is 1.47. The van der Waals surface area contributed by atoms with Crippen LogP contribution in [0.2, 0.25) is 0 Å². The molecule has 0 fully saturated rings. The smallest absolute Gasteiger partial charge is 0.263 e. The first-order valence-electron chi connectivity index (χ1n) is 9.49. The van der Waals surface area contributed by atoms with E-state index in [0.717, 1.165) is 24.3 Å². The number of carbonyl (C=O) groups is 1. The number of rotatable bonds is 7. The van der Waals surface area contributed by atoms with Gasteiger partial charge in [-0.1, -0.05) is 48.5 Å². The Morgan fingerprint density at radius 3 is 2.45 bits per heavy atom. The van der Waals surface area contributed by atoms with E-state index in [9.17, 15) is 9.59 Å². The molecule has 0 saturated heterocycles. The number of benzene rings is 2. The highest BCUT2D eigenvalue weighted by Gasteiger charge is 2.09. The lowest BCUT2D eigenvalue weighted by molar-refractivity contribution is 0.0961. The average Bonchev–Trinajstić information content (AvgIpc) is 2.77. The molecule has 0 aliphatic heterocycles. The molecule has 148 valence electrons. The summed E-state index contributed by atoms with van der Waals surface area (Å²) in [6.07, 6.45) is 4.86. The van der Waals surface area contributed by atoms with Crippen LogP contribution in [0.5, 0.6) is 0 Å². The van der Waals surface area contributed by atoms with Crippen LogP contribution in [0.3, 0.4) is 0 Å². The van der Waals surface area contributed by atoms with E-state index in [1.54, 1.807) is 6.08 Å². The second kappa shape index (κ2) is 9.50. The first-order valence-corrected chi connectivity index (χ1v) is 9.49. The van der Waals surface area contributed by atoms with E-state index >= 15 is 0 Å². The molecule has 6 heteroatoms. The van der Waals surface area contributed by atoms with E-state index in [4.69, 9.17) is 0 Å². The quantitative estimate of drug-likeness (QED) is 0.651. The Kier molecular flexibility index (Phi) is 6.58. The molecule has 0 spiro atoms. The summed E-state index contributed by atoms with van der Waals surface area (Å²) >= 11 is 0. The number of carbonyl (C=O) groups excluding carboxylic acids is 1. The molecule has 6 nitrogen and oxygen atoms in total. The minimum absolute atomic E-state index is 0.00734. The third-order valence-corrected chi connectivity index (χ3v) is 4.58. The number of aromatic amines is 1. The second-order valence-electron chi connectivity index (χ2n) is 6.52. The third-order valence-electron chi connectivity index (χ3n) is 4.58. The highest BCUT2D eigenvalue weighted by atomic mass is 16.2. The van der Waals surface area contributed by atoms with Crippen molar-refractivity contribution in [3.8, 4) is 0 Å². The molecule has 3 rings (SSSR count). The monoisotopic (exact) mass is 388 g/mol. The highest BCUT2D eigenvalue weighted by molar-refractivity contribution is 5.93. The van der Waals surface area contributed by atoms with Crippen LogP contribution in [0.15, 0.2) is 65.6 Å². The average molecular weight is 388 g/mol. The Morgan fingerprint density at radius 2 is 1.83 bits per heavy atom. The van der Waals surface area contributed by atoms with Crippen molar-refractivity contribution in [2.24, 2.45) is 0 Å². The number of anilines is 1. The van der Waals surface area contributed by atoms with Crippen LogP contribution in [0.1, 0.15) is 34.2 Å². The van der Waals surface area contributed by atoms with E-state index in [2.05, 4.69) is 63.5 Å². The van der Waals surface area contributed by atoms with Crippen LogP contribution < -0.4 is 15.8 Å². The summed E-state index contributed by atoms with van der Waals surface area (Å²) in [5.41, 5.74) is 2.94. The van der Waals surface area contributed by atoms with Gasteiger partial charge in [0.25, 0.3) is 11.5 Å². The van der Waals surface area contributed by atoms with Crippen molar-refractivity contribution in [2.75, 3.05) is 18.5 Å². The largest absolute Gasteiger partial charge is 0.367 e. The fourth-order valence-electron chi connectivity index (χ4n) is 2.95. The van der Waals surface area contributed by atoms with E-state index in [-0.39, 0.29) is 5.56 Å². The summed E-state index contributed by atoms with van der Waals surface area (Å²) in [4.78, 5) is 32.5. The SMILES string of the molecule is CCN(Cc1ccccc1)c1ccc(/C=C/c2ncc(C(=O)NC)c(=O)[nH]2)cc1. The Bertz CT molecular complexity index is 1040. The lowest BCUT2D eigenvalue weighted by atomic mass is 10.1. The van der Waals surface area contributed by atoms with Gasteiger partial charge in [0.1, 0.15) is 11.4 Å². The molecule has 0 radical (unpaired) electrons. The molecular formula is C23H24N4O2. The molecule has 29 heavy (non-hydrogen) atoms. The lowest BCUT2D eigenvalue weighted by Gasteiger charge is -2.23. The van der Waals surface area contributed by atoms with Crippen molar-refractivity contribution < 1.29 is 4.79 Å². The number of amides is 1. The van der Waals surface area contributed by atoms with E-state index in [0.29, 0.717) is 5.82 Å². The maximum Gasteiger partial charge on any atom is 0.263 e. The van der Waals surface area contributed by atoms with Gasteiger partial charge < -0.3 is 15.2 Å². The molecule has 1 aromatic heterocycles. The third kappa shape index (κ3) is 5.19. The molecule has 0 saturated carbocycles. The molecule has 3 aromatic rings. The van der Waals surface area contributed by atoms with Crippen LogP contribution in [0.25, 0.3) is 12.2 Å². The summed E-state index contributed by atoms with van der Waals surface area (Å²) in [6.45, 7) is 3.91. The van der Waals surface area contributed by atoms with Gasteiger partial charge in [-0.2, -0.15) is 0 Å². The van der Waals surface area contributed by atoms with Crippen molar-refractivity contribution in [1.82, 2.24) is 15.3 Å². The van der Waals surface area contributed by atoms with Gasteiger partial charge in [0.2, 0.25) is 0 Å². The normalized spacial score (nSPS) is 10.8. The Labute approximate surface area is 169 Å². The summed E-state index contributed by atoms with van der Waals surface area (Å²) in [5.74, 6) is -0.0631. The highest BCUT2D eigenvalue weighted by Crippen LogP contribution is 2.19. The van der Waals surface area contributed by atoms with Gasteiger partial charge in [-0.05, 0) is 36.3 Å². The molecule has 0 unspecified atom stereocenters. The predicted octanol–water partition coefficient (Wildman–Crippen LogP) is 3.33. The lowest BCUT2D eigenvalue weighted by Crippen LogP contribution is -2.27. The topological polar surface area (TPSA) is 78.1 Å². The van der Waals surface area contributed by atoms with Gasteiger partial charge in [0, 0.05) is 32.0 Å². The molecule has 2 aromatic carbocycles. The first kappa shape index (κ1) is 20.1. The van der Waals surface area contributed by atoms with Crippen molar-refractivity contribution in [2.45, 2.75) is 13.5 Å².